The maximum Gasteiger partial charge on any atom is 0.254 e. The van der Waals surface area contributed by atoms with E-state index in [0.717, 1.165) is 0 Å². The number of hydrogen-bond donors (Lipinski definition) is 1. The SMILES string of the molecule is COc1ccc(C(=O)N2CCO[C@@](COc3ccc(F)cc3)(CC(N)=O)C2)cc1. The number of hydrogen-bond acceptors (Lipinski definition) is 5. The first-order chi connectivity index (χ1) is 13.9. The van der Waals surface area contributed by atoms with Crippen LogP contribution in [0, 0.1) is 5.82 Å². The summed E-state index contributed by atoms with van der Waals surface area (Å²) in [5.74, 6) is -0.0517. The predicted octanol–water partition coefficient (Wildman–Crippen LogP) is 2.00. The van der Waals surface area contributed by atoms with E-state index >= 15 is 0 Å². The number of halogens is 1. The zero-order valence-electron chi connectivity index (χ0n) is 16.1. The van der Waals surface area contributed by atoms with Crippen molar-refractivity contribution in [3.63, 3.8) is 0 Å². The number of nitrogens with zero attached hydrogens (tertiary/aromatic N) is 1. The van der Waals surface area contributed by atoms with Crippen molar-refractivity contribution in [2.45, 2.75) is 12.0 Å². The highest BCUT2D eigenvalue weighted by Crippen LogP contribution is 2.26. The Labute approximate surface area is 168 Å². The van der Waals surface area contributed by atoms with Crippen molar-refractivity contribution in [3.8, 4) is 11.5 Å². The van der Waals surface area contributed by atoms with Crippen LogP contribution in [-0.4, -0.2) is 55.7 Å². The molecule has 0 aromatic heterocycles. The van der Waals surface area contributed by atoms with Crippen molar-refractivity contribution in [1.82, 2.24) is 4.90 Å². The van der Waals surface area contributed by atoms with Crippen molar-refractivity contribution >= 4 is 11.8 Å². The lowest BCUT2D eigenvalue weighted by molar-refractivity contribution is -0.142. The summed E-state index contributed by atoms with van der Waals surface area (Å²) in [4.78, 5) is 26.2. The molecule has 0 saturated carbocycles. The first-order valence-corrected chi connectivity index (χ1v) is 9.15. The van der Waals surface area contributed by atoms with Gasteiger partial charge in [-0.2, -0.15) is 0 Å². The first-order valence-electron chi connectivity index (χ1n) is 9.15. The highest BCUT2D eigenvalue weighted by Gasteiger charge is 2.41. The summed E-state index contributed by atoms with van der Waals surface area (Å²) in [5, 5.41) is 0. The number of nitrogens with two attached hydrogens (primary N) is 1. The van der Waals surface area contributed by atoms with Gasteiger partial charge < -0.3 is 24.8 Å². The third-order valence-electron chi connectivity index (χ3n) is 4.68. The summed E-state index contributed by atoms with van der Waals surface area (Å²) in [6, 6.07) is 12.3. The molecule has 1 heterocycles. The van der Waals surface area contributed by atoms with E-state index in [2.05, 4.69) is 0 Å². The molecule has 0 radical (unpaired) electrons. The van der Waals surface area contributed by atoms with Gasteiger partial charge in [-0.25, -0.2) is 4.39 Å². The Balaban J connectivity index is 1.74. The van der Waals surface area contributed by atoms with Crippen LogP contribution in [0.1, 0.15) is 16.8 Å². The Bertz CT molecular complexity index is 856. The molecule has 0 aliphatic carbocycles. The standard InChI is InChI=1S/C21H23FN2O5/c1-27-17-6-2-15(3-7-17)20(26)24-10-11-29-21(13-24,12-19(23)25)14-28-18-8-4-16(22)5-9-18/h2-9H,10-14H2,1H3,(H2,23,25)/t21-/m0/s1. The molecular weight excluding hydrogens is 379 g/mol. The van der Waals surface area contributed by atoms with Gasteiger partial charge in [-0.15, -0.1) is 0 Å². The van der Waals surface area contributed by atoms with Crippen molar-refractivity contribution in [2.24, 2.45) is 5.73 Å². The fourth-order valence-electron chi connectivity index (χ4n) is 3.24. The third kappa shape index (κ3) is 5.23. The Hall–Kier alpha value is -3.13. The van der Waals surface area contributed by atoms with Crippen LogP contribution < -0.4 is 15.2 Å². The molecule has 1 saturated heterocycles. The normalized spacial score (nSPS) is 18.9. The van der Waals surface area contributed by atoms with E-state index in [1.54, 1.807) is 36.3 Å². The average molecular weight is 402 g/mol. The third-order valence-corrected chi connectivity index (χ3v) is 4.68. The summed E-state index contributed by atoms with van der Waals surface area (Å²) in [6.07, 6.45) is -0.111. The minimum Gasteiger partial charge on any atom is -0.497 e. The van der Waals surface area contributed by atoms with Crippen LogP contribution in [0.3, 0.4) is 0 Å². The van der Waals surface area contributed by atoms with Gasteiger partial charge in [0.2, 0.25) is 5.91 Å². The van der Waals surface area contributed by atoms with E-state index in [4.69, 9.17) is 19.9 Å². The second-order valence-corrected chi connectivity index (χ2v) is 6.87. The second-order valence-electron chi connectivity index (χ2n) is 6.87. The van der Waals surface area contributed by atoms with Gasteiger partial charge in [0, 0.05) is 12.1 Å². The van der Waals surface area contributed by atoms with Crippen LogP contribution in [0.15, 0.2) is 48.5 Å². The maximum absolute atomic E-state index is 13.1. The predicted molar refractivity (Wildman–Crippen MR) is 103 cm³/mol. The zero-order valence-corrected chi connectivity index (χ0v) is 16.1. The van der Waals surface area contributed by atoms with Gasteiger partial charge in [-0.1, -0.05) is 0 Å². The van der Waals surface area contributed by atoms with Gasteiger partial charge in [-0.05, 0) is 48.5 Å². The minimum absolute atomic E-state index is 0.00599. The fraction of sp³-hybridized carbons (Fsp3) is 0.333. The van der Waals surface area contributed by atoms with Gasteiger partial charge in [0.05, 0.1) is 26.7 Å². The number of primary amides is 1. The van der Waals surface area contributed by atoms with Crippen LogP contribution in [0.5, 0.6) is 11.5 Å². The lowest BCUT2D eigenvalue weighted by Crippen LogP contribution is -2.58. The Morgan fingerprint density at radius 2 is 1.79 bits per heavy atom. The van der Waals surface area contributed by atoms with Crippen molar-refractivity contribution in [2.75, 3.05) is 33.4 Å². The van der Waals surface area contributed by atoms with Crippen LogP contribution in [0.25, 0.3) is 0 Å². The molecule has 1 aliphatic heterocycles. The van der Waals surface area contributed by atoms with E-state index in [1.165, 1.54) is 24.3 Å². The van der Waals surface area contributed by atoms with E-state index in [0.29, 0.717) is 23.6 Å². The maximum atomic E-state index is 13.1. The molecule has 7 nitrogen and oxygen atoms in total. The Morgan fingerprint density at radius 3 is 2.41 bits per heavy atom. The van der Waals surface area contributed by atoms with Gasteiger partial charge in [0.15, 0.2) is 0 Å². The summed E-state index contributed by atoms with van der Waals surface area (Å²) >= 11 is 0. The minimum atomic E-state index is -1.08. The van der Waals surface area contributed by atoms with Gasteiger partial charge >= 0.3 is 0 Å². The molecule has 0 spiro atoms. The molecule has 29 heavy (non-hydrogen) atoms. The molecule has 1 fully saturated rings. The molecular formula is C21H23FN2O5. The number of morpholine rings is 1. The zero-order chi connectivity index (χ0) is 20.9. The lowest BCUT2D eigenvalue weighted by Gasteiger charge is -2.42. The number of methoxy groups -OCH3 is 1. The fourth-order valence-corrected chi connectivity index (χ4v) is 3.24. The summed E-state index contributed by atoms with van der Waals surface area (Å²) < 4.78 is 29.8. The second kappa shape index (κ2) is 8.91. The number of ether oxygens (including phenoxy) is 3. The number of carbonyl (C=O) groups is 2. The van der Waals surface area contributed by atoms with Crippen molar-refractivity contribution in [3.05, 3.63) is 59.9 Å². The summed E-state index contributed by atoms with van der Waals surface area (Å²) in [6.45, 7) is 0.750. The average Bonchev–Trinajstić information content (AvgIpc) is 2.72. The monoisotopic (exact) mass is 402 g/mol. The van der Waals surface area contributed by atoms with Crippen molar-refractivity contribution in [1.29, 1.82) is 0 Å². The van der Waals surface area contributed by atoms with Crippen LogP contribution in [0.4, 0.5) is 4.39 Å². The molecule has 1 aliphatic rings. The molecule has 3 rings (SSSR count). The van der Waals surface area contributed by atoms with Crippen LogP contribution in [0.2, 0.25) is 0 Å². The quantitative estimate of drug-likeness (QED) is 0.765. The number of rotatable bonds is 7. The molecule has 2 aromatic rings. The molecule has 0 unspecified atom stereocenters. The van der Waals surface area contributed by atoms with E-state index in [1.807, 2.05) is 0 Å². The molecule has 0 bridgehead atoms. The van der Waals surface area contributed by atoms with Crippen LogP contribution in [-0.2, 0) is 9.53 Å². The molecule has 2 aromatic carbocycles. The Kier molecular flexibility index (Phi) is 6.33. The Morgan fingerprint density at radius 1 is 1.14 bits per heavy atom. The van der Waals surface area contributed by atoms with Gasteiger partial charge in [0.25, 0.3) is 5.91 Å². The number of carbonyl (C=O) groups excluding carboxylic acids is 2. The molecule has 8 heteroatoms. The summed E-state index contributed by atoms with van der Waals surface area (Å²) in [7, 11) is 1.55. The van der Waals surface area contributed by atoms with Gasteiger partial charge in [0.1, 0.15) is 29.5 Å². The number of benzene rings is 2. The molecule has 154 valence electrons. The molecule has 2 N–H and O–H groups in total. The first kappa shape index (κ1) is 20.6. The van der Waals surface area contributed by atoms with E-state index in [-0.39, 0.29) is 37.9 Å². The highest BCUT2D eigenvalue weighted by molar-refractivity contribution is 5.94. The molecule has 2 amide bonds. The van der Waals surface area contributed by atoms with E-state index in [9.17, 15) is 14.0 Å². The smallest absolute Gasteiger partial charge is 0.254 e. The van der Waals surface area contributed by atoms with Crippen LogP contribution >= 0.6 is 0 Å². The van der Waals surface area contributed by atoms with E-state index < -0.39 is 11.5 Å². The highest BCUT2D eigenvalue weighted by atomic mass is 19.1. The number of amides is 2. The topological polar surface area (TPSA) is 91.1 Å². The lowest BCUT2D eigenvalue weighted by atomic mass is 9.97. The van der Waals surface area contributed by atoms with Gasteiger partial charge in [-0.3, -0.25) is 9.59 Å². The largest absolute Gasteiger partial charge is 0.497 e. The molecule has 1 atom stereocenters. The van der Waals surface area contributed by atoms with Crippen molar-refractivity contribution < 1.29 is 28.2 Å². The summed E-state index contributed by atoms with van der Waals surface area (Å²) in [5.41, 5.74) is 4.84.